The number of pyridine rings is 2. The summed E-state index contributed by atoms with van der Waals surface area (Å²) in [5.74, 6) is 0.585. The number of carbonyl (C=O) groups is 1. The molecule has 2 aromatic heterocycles. The molecule has 1 aliphatic rings. The zero-order valence-electron chi connectivity index (χ0n) is 19.1. The summed E-state index contributed by atoms with van der Waals surface area (Å²) in [6, 6.07) is 23.1. The highest BCUT2D eigenvalue weighted by atomic mass is 16.5. The molecule has 34 heavy (non-hydrogen) atoms. The molecule has 0 spiro atoms. The summed E-state index contributed by atoms with van der Waals surface area (Å²) in [6.07, 6.45) is 1.67. The Bertz CT molecular complexity index is 1360. The molecule has 5 rings (SSSR count). The highest BCUT2D eigenvalue weighted by Crippen LogP contribution is 2.21. The first kappa shape index (κ1) is 21.7. The lowest BCUT2D eigenvalue weighted by Gasteiger charge is -2.36. The molecule has 0 bridgehead atoms. The standard InChI is InChI=1S/C27H26N4O3/c1-34-23-11-9-22(10-12-23)29-14-16-30(17-15-29)26(32)24-18-21-8-5-13-28-25(21)31(27(24)33)19-20-6-3-2-4-7-20/h2-13,18H,14-17,19H2,1H3. The summed E-state index contributed by atoms with van der Waals surface area (Å²) >= 11 is 0. The number of amides is 1. The number of nitrogens with zero attached hydrogens (tertiary/aromatic N) is 4. The number of methoxy groups -OCH3 is 1. The van der Waals surface area contributed by atoms with Crippen LogP contribution in [0, 0.1) is 0 Å². The number of fused-ring (bicyclic) bond motifs is 1. The second-order valence-corrected chi connectivity index (χ2v) is 8.33. The minimum absolute atomic E-state index is 0.189. The fourth-order valence-electron chi connectivity index (χ4n) is 4.40. The number of hydrogen-bond acceptors (Lipinski definition) is 5. The second-order valence-electron chi connectivity index (χ2n) is 8.33. The van der Waals surface area contributed by atoms with Gasteiger partial charge in [-0.2, -0.15) is 0 Å². The number of rotatable bonds is 5. The minimum atomic E-state index is -0.308. The maximum atomic E-state index is 13.5. The van der Waals surface area contributed by atoms with Gasteiger partial charge in [0.15, 0.2) is 0 Å². The smallest absolute Gasteiger partial charge is 0.265 e. The molecule has 172 valence electrons. The Hall–Kier alpha value is -4.13. The van der Waals surface area contributed by atoms with E-state index in [-0.39, 0.29) is 17.0 Å². The van der Waals surface area contributed by atoms with E-state index in [1.54, 1.807) is 28.8 Å². The van der Waals surface area contributed by atoms with E-state index in [1.165, 1.54) is 0 Å². The van der Waals surface area contributed by atoms with Gasteiger partial charge in [0.1, 0.15) is 17.0 Å². The Morgan fingerprint density at radius 2 is 1.68 bits per heavy atom. The first-order valence-corrected chi connectivity index (χ1v) is 11.3. The van der Waals surface area contributed by atoms with Crippen LogP contribution in [0.3, 0.4) is 0 Å². The third kappa shape index (κ3) is 4.24. The van der Waals surface area contributed by atoms with Crippen LogP contribution in [0.15, 0.2) is 83.8 Å². The van der Waals surface area contributed by atoms with Gasteiger partial charge in [-0.3, -0.25) is 14.2 Å². The van der Waals surface area contributed by atoms with Crippen molar-refractivity contribution in [1.82, 2.24) is 14.5 Å². The molecule has 1 fully saturated rings. The molecule has 3 heterocycles. The van der Waals surface area contributed by atoms with Crippen LogP contribution in [-0.2, 0) is 6.54 Å². The van der Waals surface area contributed by atoms with E-state index in [9.17, 15) is 9.59 Å². The molecule has 1 saturated heterocycles. The van der Waals surface area contributed by atoms with Crippen molar-refractivity contribution in [3.63, 3.8) is 0 Å². The van der Waals surface area contributed by atoms with Crippen molar-refractivity contribution in [2.24, 2.45) is 0 Å². The van der Waals surface area contributed by atoms with Crippen molar-refractivity contribution >= 4 is 22.6 Å². The van der Waals surface area contributed by atoms with Crippen LogP contribution < -0.4 is 15.2 Å². The largest absolute Gasteiger partial charge is 0.497 e. The first-order valence-electron chi connectivity index (χ1n) is 11.3. The van der Waals surface area contributed by atoms with Crippen molar-refractivity contribution in [3.05, 3.63) is 100 Å². The van der Waals surface area contributed by atoms with Crippen LogP contribution in [0.25, 0.3) is 11.0 Å². The van der Waals surface area contributed by atoms with Gasteiger partial charge in [-0.25, -0.2) is 4.98 Å². The Labute approximate surface area is 197 Å². The molecular weight excluding hydrogens is 428 g/mol. The van der Waals surface area contributed by atoms with Crippen LogP contribution in [0.4, 0.5) is 5.69 Å². The summed E-state index contributed by atoms with van der Waals surface area (Å²) in [6.45, 7) is 2.86. The van der Waals surface area contributed by atoms with E-state index in [4.69, 9.17) is 4.74 Å². The quantitative estimate of drug-likeness (QED) is 0.462. The molecule has 2 aromatic carbocycles. The highest BCUT2D eigenvalue weighted by Gasteiger charge is 2.25. The van der Waals surface area contributed by atoms with E-state index in [0.717, 1.165) is 22.4 Å². The minimum Gasteiger partial charge on any atom is -0.497 e. The van der Waals surface area contributed by atoms with Gasteiger partial charge in [-0.15, -0.1) is 0 Å². The Balaban J connectivity index is 1.40. The van der Waals surface area contributed by atoms with Crippen molar-refractivity contribution in [3.8, 4) is 5.75 Å². The fourth-order valence-corrected chi connectivity index (χ4v) is 4.40. The van der Waals surface area contributed by atoms with Gasteiger partial charge < -0.3 is 14.5 Å². The summed E-state index contributed by atoms with van der Waals surface area (Å²) in [7, 11) is 1.65. The SMILES string of the molecule is COc1ccc(N2CCN(C(=O)c3cc4cccnc4n(Cc4ccccc4)c3=O)CC2)cc1. The lowest BCUT2D eigenvalue weighted by molar-refractivity contribution is 0.0744. The van der Waals surface area contributed by atoms with E-state index in [1.807, 2.05) is 66.7 Å². The molecule has 0 N–H and O–H groups in total. The average molecular weight is 455 g/mol. The zero-order chi connectivity index (χ0) is 23.5. The maximum Gasteiger partial charge on any atom is 0.265 e. The average Bonchev–Trinajstić information content (AvgIpc) is 2.90. The predicted molar refractivity (Wildman–Crippen MR) is 133 cm³/mol. The molecule has 0 atom stereocenters. The molecule has 4 aromatic rings. The van der Waals surface area contributed by atoms with Crippen molar-refractivity contribution in [2.45, 2.75) is 6.54 Å². The summed E-state index contributed by atoms with van der Waals surface area (Å²) in [5, 5.41) is 0.776. The Kier molecular flexibility index (Phi) is 5.99. The van der Waals surface area contributed by atoms with Crippen LogP contribution in [-0.4, -0.2) is 53.6 Å². The molecule has 0 unspecified atom stereocenters. The molecule has 0 saturated carbocycles. The Morgan fingerprint density at radius 3 is 2.38 bits per heavy atom. The van der Waals surface area contributed by atoms with Crippen LogP contribution in [0.2, 0.25) is 0 Å². The van der Waals surface area contributed by atoms with Crippen LogP contribution in [0.5, 0.6) is 5.75 Å². The topological polar surface area (TPSA) is 67.7 Å². The lowest BCUT2D eigenvalue weighted by atomic mass is 10.1. The fraction of sp³-hybridized carbons (Fsp3) is 0.222. The van der Waals surface area contributed by atoms with E-state index < -0.39 is 0 Å². The van der Waals surface area contributed by atoms with Crippen molar-refractivity contribution in [2.75, 3.05) is 38.2 Å². The molecular formula is C27H26N4O3. The number of hydrogen-bond donors (Lipinski definition) is 0. The van der Waals surface area contributed by atoms with Gasteiger partial charge in [0, 0.05) is 43.4 Å². The van der Waals surface area contributed by atoms with Crippen LogP contribution >= 0.6 is 0 Å². The molecule has 7 nitrogen and oxygen atoms in total. The normalized spacial score (nSPS) is 13.8. The molecule has 0 aliphatic carbocycles. The van der Waals surface area contributed by atoms with Crippen molar-refractivity contribution in [1.29, 1.82) is 0 Å². The number of anilines is 1. The third-order valence-corrected chi connectivity index (χ3v) is 6.27. The maximum absolute atomic E-state index is 13.5. The van der Waals surface area contributed by atoms with Gasteiger partial charge >= 0.3 is 0 Å². The number of ether oxygens (including phenoxy) is 1. The van der Waals surface area contributed by atoms with E-state index in [2.05, 4.69) is 9.88 Å². The molecule has 0 radical (unpaired) electrons. The summed E-state index contributed by atoms with van der Waals surface area (Å²) in [5.41, 5.74) is 2.54. The number of benzene rings is 2. The van der Waals surface area contributed by atoms with Gasteiger partial charge in [0.25, 0.3) is 11.5 Å². The number of piperazine rings is 1. The van der Waals surface area contributed by atoms with E-state index in [0.29, 0.717) is 38.4 Å². The molecule has 1 aliphatic heterocycles. The van der Waals surface area contributed by atoms with Crippen LogP contribution in [0.1, 0.15) is 15.9 Å². The highest BCUT2D eigenvalue weighted by molar-refractivity contribution is 5.97. The first-order chi connectivity index (χ1) is 16.6. The predicted octanol–water partition coefficient (Wildman–Crippen LogP) is 3.42. The molecule has 1 amide bonds. The molecule has 7 heteroatoms. The lowest BCUT2D eigenvalue weighted by Crippen LogP contribution is -2.50. The van der Waals surface area contributed by atoms with E-state index >= 15 is 0 Å². The number of aromatic nitrogens is 2. The monoisotopic (exact) mass is 454 g/mol. The van der Waals surface area contributed by atoms with Crippen molar-refractivity contribution < 1.29 is 9.53 Å². The van der Waals surface area contributed by atoms with Gasteiger partial charge in [0.05, 0.1) is 13.7 Å². The summed E-state index contributed by atoms with van der Waals surface area (Å²) in [4.78, 5) is 35.4. The van der Waals surface area contributed by atoms with Gasteiger partial charge in [0.2, 0.25) is 0 Å². The second kappa shape index (κ2) is 9.39. The summed E-state index contributed by atoms with van der Waals surface area (Å²) < 4.78 is 6.84. The third-order valence-electron chi connectivity index (χ3n) is 6.27. The number of carbonyl (C=O) groups excluding carboxylic acids is 1. The zero-order valence-corrected chi connectivity index (χ0v) is 19.1. The van der Waals surface area contributed by atoms with Gasteiger partial charge in [-0.05, 0) is 48.0 Å². The Morgan fingerprint density at radius 1 is 0.941 bits per heavy atom. The van der Waals surface area contributed by atoms with Gasteiger partial charge in [-0.1, -0.05) is 30.3 Å².